The molecular weight excluding hydrogens is 198 g/mol. The Labute approximate surface area is 86.9 Å². The van der Waals surface area contributed by atoms with E-state index in [1.807, 2.05) is 25.1 Å². The van der Waals surface area contributed by atoms with Crippen LogP contribution in [-0.4, -0.2) is 9.97 Å². The van der Waals surface area contributed by atoms with Crippen molar-refractivity contribution in [3.8, 4) is 11.3 Å². The molecule has 0 fully saturated rings. The lowest BCUT2D eigenvalue weighted by Gasteiger charge is -2.02. The lowest BCUT2D eigenvalue weighted by molar-refractivity contribution is 1.32. The van der Waals surface area contributed by atoms with Crippen molar-refractivity contribution in [1.82, 2.24) is 9.97 Å². The summed E-state index contributed by atoms with van der Waals surface area (Å²) in [5, 5.41) is 0.735. The minimum Gasteiger partial charge on any atom is -0.369 e. The molecule has 0 unspecified atom stereocenters. The molecule has 2 aromatic rings. The number of benzene rings is 1. The van der Waals surface area contributed by atoms with Crippen LogP contribution in [0, 0.1) is 6.92 Å². The smallest absolute Gasteiger partial charge is 0.197 e. The van der Waals surface area contributed by atoms with Crippen molar-refractivity contribution in [3.63, 3.8) is 0 Å². The Kier molecular flexibility index (Phi) is 2.17. The van der Waals surface area contributed by atoms with Gasteiger partial charge in [-0.2, -0.15) is 0 Å². The van der Waals surface area contributed by atoms with Crippen LogP contribution in [0.1, 0.15) is 5.56 Å². The van der Waals surface area contributed by atoms with Gasteiger partial charge in [-0.15, -0.1) is 0 Å². The van der Waals surface area contributed by atoms with Crippen molar-refractivity contribution < 1.29 is 0 Å². The maximum Gasteiger partial charge on any atom is 0.197 e. The summed E-state index contributed by atoms with van der Waals surface area (Å²) < 4.78 is 0. The number of aromatic nitrogens is 2. The first-order valence-corrected chi connectivity index (χ1v) is 4.61. The number of anilines is 1. The molecule has 3 N–H and O–H groups in total. The molecule has 0 amide bonds. The molecule has 0 aliphatic heterocycles. The zero-order valence-electron chi connectivity index (χ0n) is 7.71. The molecule has 0 radical (unpaired) electrons. The van der Waals surface area contributed by atoms with Crippen LogP contribution in [0.5, 0.6) is 0 Å². The van der Waals surface area contributed by atoms with Crippen molar-refractivity contribution in [2.24, 2.45) is 0 Å². The van der Waals surface area contributed by atoms with Crippen molar-refractivity contribution in [1.29, 1.82) is 0 Å². The van der Waals surface area contributed by atoms with Gasteiger partial charge < -0.3 is 10.7 Å². The zero-order valence-corrected chi connectivity index (χ0v) is 8.47. The van der Waals surface area contributed by atoms with Gasteiger partial charge in [-0.25, -0.2) is 4.98 Å². The summed E-state index contributed by atoms with van der Waals surface area (Å²) in [6.45, 7) is 2.00. The minimum atomic E-state index is 0.425. The molecule has 0 aliphatic carbocycles. The Balaban J connectivity index is 2.52. The summed E-state index contributed by atoms with van der Waals surface area (Å²) in [4.78, 5) is 6.92. The molecule has 1 heterocycles. The first-order chi connectivity index (χ1) is 6.66. The molecule has 1 aromatic carbocycles. The van der Waals surface area contributed by atoms with E-state index in [-0.39, 0.29) is 0 Å². The summed E-state index contributed by atoms with van der Waals surface area (Å²) in [5.41, 5.74) is 8.58. The summed E-state index contributed by atoms with van der Waals surface area (Å²) in [6, 6.07) is 5.71. The van der Waals surface area contributed by atoms with Gasteiger partial charge in [0.05, 0.1) is 11.9 Å². The van der Waals surface area contributed by atoms with Crippen molar-refractivity contribution in [3.05, 3.63) is 35.0 Å². The molecule has 0 bridgehead atoms. The van der Waals surface area contributed by atoms with Crippen molar-refractivity contribution >= 4 is 17.5 Å². The number of imidazole rings is 1. The largest absolute Gasteiger partial charge is 0.369 e. The lowest BCUT2D eigenvalue weighted by atomic mass is 10.1. The number of nitrogens with one attached hydrogen (secondary N) is 1. The van der Waals surface area contributed by atoms with E-state index in [4.69, 9.17) is 17.3 Å². The summed E-state index contributed by atoms with van der Waals surface area (Å²) in [5.74, 6) is 0.425. The SMILES string of the molecule is Cc1cc(Cl)ccc1-c1cnc(N)[nH]1. The number of rotatable bonds is 1. The van der Waals surface area contributed by atoms with Crippen LogP contribution in [-0.2, 0) is 0 Å². The van der Waals surface area contributed by atoms with E-state index in [2.05, 4.69) is 9.97 Å². The Morgan fingerprint density at radius 3 is 2.79 bits per heavy atom. The topological polar surface area (TPSA) is 54.7 Å². The van der Waals surface area contributed by atoms with Gasteiger partial charge in [0, 0.05) is 10.6 Å². The third-order valence-corrected chi connectivity index (χ3v) is 2.31. The van der Waals surface area contributed by atoms with E-state index >= 15 is 0 Å². The Hall–Kier alpha value is -1.48. The summed E-state index contributed by atoms with van der Waals surface area (Å²) >= 11 is 5.86. The first-order valence-electron chi connectivity index (χ1n) is 4.24. The standard InChI is InChI=1S/C10H10ClN3/c1-6-4-7(11)2-3-8(6)9-5-13-10(12)14-9/h2-5H,1H3,(H3,12,13,14). The number of aryl methyl sites for hydroxylation is 1. The second-order valence-electron chi connectivity index (χ2n) is 3.14. The Morgan fingerprint density at radius 2 is 2.21 bits per heavy atom. The van der Waals surface area contributed by atoms with Crippen LogP contribution >= 0.6 is 11.6 Å². The van der Waals surface area contributed by atoms with Gasteiger partial charge in [-0.3, -0.25) is 0 Å². The maximum absolute atomic E-state index is 5.86. The highest BCUT2D eigenvalue weighted by Gasteiger charge is 2.04. The molecule has 0 atom stereocenters. The number of H-pyrrole nitrogens is 1. The van der Waals surface area contributed by atoms with Crippen molar-refractivity contribution in [2.75, 3.05) is 5.73 Å². The number of hydrogen-bond acceptors (Lipinski definition) is 2. The van der Waals surface area contributed by atoms with E-state index in [0.29, 0.717) is 5.95 Å². The van der Waals surface area contributed by atoms with Gasteiger partial charge in [0.15, 0.2) is 5.95 Å². The molecule has 1 aromatic heterocycles. The Bertz CT molecular complexity index is 462. The monoisotopic (exact) mass is 207 g/mol. The van der Waals surface area contributed by atoms with Crippen molar-refractivity contribution in [2.45, 2.75) is 6.92 Å². The average molecular weight is 208 g/mol. The van der Waals surface area contributed by atoms with Crippen LogP contribution in [0.2, 0.25) is 5.02 Å². The highest BCUT2D eigenvalue weighted by atomic mass is 35.5. The van der Waals surface area contributed by atoms with E-state index in [0.717, 1.165) is 21.8 Å². The predicted octanol–water partition coefficient (Wildman–Crippen LogP) is 2.62. The van der Waals surface area contributed by atoms with Gasteiger partial charge in [-0.05, 0) is 24.6 Å². The molecule has 3 nitrogen and oxygen atoms in total. The van der Waals surface area contributed by atoms with Crippen LogP contribution in [0.15, 0.2) is 24.4 Å². The van der Waals surface area contributed by atoms with Gasteiger partial charge in [-0.1, -0.05) is 17.7 Å². The van der Waals surface area contributed by atoms with E-state index in [1.165, 1.54) is 0 Å². The molecular formula is C10H10ClN3. The number of nitrogens with zero attached hydrogens (tertiary/aromatic N) is 1. The molecule has 0 saturated heterocycles. The van der Waals surface area contributed by atoms with Crippen LogP contribution < -0.4 is 5.73 Å². The quantitative estimate of drug-likeness (QED) is 0.755. The predicted molar refractivity (Wildman–Crippen MR) is 58.2 cm³/mol. The normalized spacial score (nSPS) is 10.4. The van der Waals surface area contributed by atoms with E-state index in [9.17, 15) is 0 Å². The Morgan fingerprint density at radius 1 is 1.43 bits per heavy atom. The molecule has 72 valence electrons. The van der Waals surface area contributed by atoms with Gasteiger partial charge in [0.2, 0.25) is 0 Å². The van der Waals surface area contributed by atoms with Gasteiger partial charge in [0.25, 0.3) is 0 Å². The van der Waals surface area contributed by atoms with Gasteiger partial charge in [0.1, 0.15) is 0 Å². The zero-order chi connectivity index (χ0) is 10.1. The number of halogens is 1. The molecule has 0 saturated carbocycles. The van der Waals surface area contributed by atoms with Gasteiger partial charge >= 0.3 is 0 Å². The highest BCUT2D eigenvalue weighted by molar-refractivity contribution is 6.30. The molecule has 14 heavy (non-hydrogen) atoms. The third-order valence-electron chi connectivity index (χ3n) is 2.07. The van der Waals surface area contributed by atoms with Crippen LogP contribution in [0.4, 0.5) is 5.95 Å². The molecule has 2 rings (SSSR count). The summed E-state index contributed by atoms with van der Waals surface area (Å²) in [6.07, 6.45) is 1.71. The average Bonchev–Trinajstić information content (AvgIpc) is 2.51. The van der Waals surface area contributed by atoms with Crippen LogP contribution in [0.3, 0.4) is 0 Å². The second-order valence-corrected chi connectivity index (χ2v) is 3.58. The number of aromatic amines is 1. The molecule has 4 heteroatoms. The third kappa shape index (κ3) is 1.59. The minimum absolute atomic E-state index is 0.425. The maximum atomic E-state index is 5.86. The molecule has 0 spiro atoms. The van der Waals surface area contributed by atoms with E-state index in [1.54, 1.807) is 6.20 Å². The highest BCUT2D eigenvalue weighted by Crippen LogP contribution is 2.24. The second kappa shape index (κ2) is 3.35. The first kappa shape index (κ1) is 9.09. The fourth-order valence-electron chi connectivity index (χ4n) is 1.40. The number of nitrogens with two attached hydrogens (primary N) is 1. The molecule has 0 aliphatic rings. The lowest BCUT2D eigenvalue weighted by Crippen LogP contribution is -1.86. The van der Waals surface area contributed by atoms with E-state index < -0.39 is 0 Å². The fraction of sp³-hybridized carbons (Fsp3) is 0.100. The fourth-order valence-corrected chi connectivity index (χ4v) is 1.63. The number of nitrogen functional groups attached to an aromatic ring is 1. The van der Waals surface area contributed by atoms with Crippen LogP contribution in [0.25, 0.3) is 11.3 Å². The number of hydrogen-bond donors (Lipinski definition) is 2. The summed E-state index contributed by atoms with van der Waals surface area (Å²) in [7, 11) is 0.